The minimum Gasteiger partial charge on any atom is -0.493 e. The Morgan fingerprint density at radius 2 is 1.80 bits per heavy atom. The molecule has 1 unspecified atom stereocenters. The van der Waals surface area contributed by atoms with E-state index in [0.717, 1.165) is 52.1 Å². The molecule has 1 aliphatic heterocycles. The predicted molar refractivity (Wildman–Crippen MR) is 166 cm³/mol. The third-order valence-electron chi connectivity index (χ3n) is 7.79. The maximum Gasteiger partial charge on any atom is 0.408 e. The number of carbonyl (C=O) groups excluding carboxylic acids is 3. The third kappa shape index (κ3) is 8.37. The highest BCUT2D eigenvalue weighted by Gasteiger charge is 2.25. The second-order valence-electron chi connectivity index (χ2n) is 10.9. The van der Waals surface area contributed by atoms with Crippen molar-refractivity contribution in [3.05, 3.63) is 82.9 Å². The van der Waals surface area contributed by atoms with Gasteiger partial charge >= 0.3 is 12.1 Å². The molecule has 0 fully saturated rings. The summed E-state index contributed by atoms with van der Waals surface area (Å²) in [6.07, 6.45) is 1.37. The Balaban J connectivity index is 1.38. The highest BCUT2D eigenvalue weighted by atomic mass is 16.5. The minimum atomic E-state index is -1.14. The summed E-state index contributed by atoms with van der Waals surface area (Å²) in [5.74, 6) is -1.02. The molecular weight excluding hydrogens is 562 g/mol. The molecule has 4 N–H and O–H groups in total. The maximum atomic E-state index is 13.3. The number of rotatable bonds is 13. The number of aryl methyl sites for hydroxylation is 1. The van der Waals surface area contributed by atoms with Gasteiger partial charge in [0.15, 0.2) is 0 Å². The van der Waals surface area contributed by atoms with Crippen LogP contribution < -0.4 is 20.7 Å². The third-order valence-corrected chi connectivity index (χ3v) is 7.79. The molecule has 232 valence electrons. The molecule has 0 radical (unpaired) electrons. The van der Waals surface area contributed by atoms with Crippen molar-refractivity contribution >= 4 is 29.6 Å². The van der Waals surface area contributed by atoms with Crippen LogP contribution in [0.1, 0.15) is 54.4 Å². The van der Waals surface area contributed by atoms with Crippen LogP contribution in [-0.4, -0.2) is 48.2 Å². The van der Waals surface area contributed by atoms with E-state index in [1.807, 2.05) is 79.4 Å². The van der Waals surface area contributed by atoms with Gasteiger partial charge in [-0.3, -0.25) is 14.4 Å². The standard InChI is InChI=1S/C34H39N3O7/c1-22-8-3-14-30(23(22)2)43-19-7-15-31(38)37-18-6-12-27-26(11-5-13-29(27)37)25-10-4-9-24(20-25)21-44-34(42)36-28(33(35)41)16-17-32(39)40/h3-5,8-11,13-14,20,28H,6-7,12,15-19,21H2,1-2H3,(H2,35,41)(H,36,42)(H,39,40). The van der Waals surface area contributed by atoms with Crippen molar-refractivity contribution in [2.45, 2.75) is 65.0 Å². The maximum absolute atomic E-state index is 13.3. The number of carboxylic acids is 1. The lowest BCUT2D eigenvalue weighted by atomic mass is 9.91. The zero-order chi connectivity index (χ0) is 31.6. The van der Waals surface area contributed by atoms with Crippen LogP contribution in [0.5, 0.6) is 5.75 Å². The number of primary amides is 1. The minimum absolute atomic E-state index is 0.0616. The Labute approximate surface area is 257 Å². The van der Waals surface area contributed by atoms with Gasteiger partial charge < -0.3 is 30.5 Å². The van der Waals surface area contributed by atoms with E-state index >= 15 is 0 Å². The molecule has 1 atom stereocenters. The van der Waals surface area contributed by atoms with Gasteiger partial charge in [0.05, 0.1) is 6.61 Å². The first-order chi connectivity index (χ1) is 21.1. The van der Waals surface area contributed by atoms with Crippen LogP contribution in [0.3, 0.4) is 0 Å². The second kappa shape index (κ2) is 15.0. The smallest absolute Gasteiger partial charge is 0.408 e. The zero-order valence-corrected chi connectivity index (χ0v) is 25.1. The SMILES string of the molecule is Cc1cccc(OCCCC(=O)N2CCCc3c(-c4cccc(COC(=O)NC(CCC(=O)O)C(N)=O)c4)cccc32)c1C. The van der Waals surface area contributed by atoms with Crippen LogP contribution >= 0.6 is 0 Å². The van der Waals surface area contributed by atoms with Crippen molar-refractivity contribution in [3.63, 3.8) is 0 Å². The zero-order valence-electron chi connectivity index (χ0n) is 25.1. The van der Waals surface area contributed by atoms with E-state index in [4.69, 9.17) is 20.3 Å². The molecule has 0 spiro atoms. The largest absolute Gasteiger partial charge is 0.493 e. The van der Waals surface area contributed by atoms with Crippen molar-refractivity contribution in [1.82, 2.24) is 5.32 Å². The van der Waals surface area contributed by atoms with Crippen LogP contribution in [-0.2, 0) is 32.1 Å². The average Bonchev–Trinajstić information content (AvgIpc) is 3.01. The number of nitrogens with two attached hydrogens (primary N) is 1. The lowest BCUT2D eigenvalue weighted by Crippen LogP contribution is -2.44. The first kappa shape index (κ1) is 32.1. The molecule has 10 nitrogen and oxygen atoms in total. The average molecular weight is 602 g/mol. The van der Waals surface area contributed by atoms with Crippen LogP contribution in [0, 0.1) is 13.8 Å². The van der Waals surface area contributed by atoms with Crippen LogP contribution in [0.4, 0.5) is 10.5 Å². The number of benzene rings is 3. The number of nitrogens with zero attached hydrogens (tertiary/aromatic N) is 1. The molecule has 1 heterocycles. The van der Waals surface area contributed by atoms with Gasteiger partial charge in [-0.25, -0.2) is 4.79 Å². The highest BCUT2D eigenvalue weighted by Crippen LogP contribution is 2.36. The molecule has 0 saturated heterocycles. The molecule has 4 rings (SSSR count). The number of hydrogen-bond donors (Lipinski definition) is 3. The molecule has 44 heavy (non-hydrogen) atoms. The van der Waals surface area contributed by atoms with Gasteiger partial charge in [-0.15, -0.1) is 0 Å². The molecule has 3 amide bonds. The second-order valence-corrected chi connectivity index (χ2v) is 10.9. The number of carboxylic acid groups (broad SMARTS) is 1. The highest BCUT2D eigenvalue weighted by molar-refractivity contribution is 5.96. The number of hydrogen-bond acceptors (Lipinski definition) is 6. The van der Waals surface area contributed by atoms with Crippen LogP contribution in [0.25, 0.3) is 11.1 Å². The first-order valence-corrected chi connectivity index (χ1v) is 14.8. The van der Waals surface area contributed by atoms with E-state index in [9.17, 15) is 19.2 Å². The van der Waals surface area contributed by atoms with E-state index in [1.165, 1.54) is 5.56 Å². The Bertz CT molecular complexity index is 1520. The van der Waals surface area contributed by atoms with E-state index < -0.39 is 24.0 Å². The van der Waals surface area contributed by atoms with Crippen molar-refractivity contribution in [1.29, 1.82) is 0 Å². The first-order valence-electron chi connectivity index (χ1n) is 14.8. The topological polar surface area (TPSA) is 148 Å². The number of ether oxygens (including phenoxy) is 2. The van der Waals surface area contributed by atoms with Gasteiger partial charge in [0.25, 0.3) is 0 Å². The van der Waals surface area contributed by atoms with Gasteiger partial charge in [-0.1, -0.05) is 42.5 Å². The van der Waals surface area contributed by atoms with Crippen molar-refractivity contribution < 1.29 is 33.8 Å². The van der Waals surface area contributed by atoms with Crippen LogP contribution in [0.2, 0.25) is 0 Å². The normalized spacial score (nSPS) is 13.0. The molecule has 3 aromatic rings. The fraction of sp³-hybridized carbons (Fsp3) is 0.353. The molecule has 0 aliphatic carbocycles. The molecule has 1 aliphatic rings. The number of fused-ring (bicyclic) bond motifs is 1. The summed E-state index contributed by atoms with van der Waals surface area (Å²) in [7, 11) is 0. The Hall–Kier alpha value is -4.86. The van der Waals surface area contributed by atoms with E-state index in [1.54, 1.807) is 0 Å². The summed E-state index contributed by atoms with van der Waals surface area (Å²) in [6.45, 7) is 5.15. The van der Waals surface area contributed by atoms with Gasteiger partial charge in [-0.2, -0.15) is 0 Å². The lowest BCUT2D eigenvalue weighted by molar-refractivity contribution is -0.137. The number of anilines is 1. The van der Waals surface area contributed by atoms with E-state index in [-0.39, 0.29) is 25.4 Å². The fourth-order valence-electron chi connectivity index (χ4n) is 5.29. The Morgan fingerprint density at radius 3 is 2.57 bits per heavy atom. The summed E-state index contributed by atoms with van der Waals surface area (Å²) >= 11 is 0. The Kier molecular flexibility index (Phi) is 11.0. The molecular formula is C34H39N3O7. The number of carbonyl (C=O) groups is 4. The monoisotopic (exact) mass is 601 g/mol. The summed E-state index contributed by atoms with van der Waals surface area (Å²) in [6, 6.07) is 18.4. The summed E-state index contributed by atoms with van der Waals surface area (Å²) in [5.41, 5.74) is 12.2. The molecule has 0 bridgehead atoms. The number of nitrogens with one attached hydrogen (secondary N) is 1. The lowest BCUT2D eigenvalue weighted by Gasteiger charge is -2.31. The predicted octanol–water partition coefficient (Wildman–Crippen LogP) is 5.05. The molecule has 0 aromatic heterocycles. The van der Waals surface area contributed by atoms with Gasteiger partial charge in [0, 0.05) is 25.1 Å². The van der Waals surface area contributed by atoms with Gasteiger partial charge in [0.1, 0.15) is 18.4 Å². The summed E-state index contributed by atoms with van der Waals surface area (Å²) < 4.78 is 11.2. The van der Waals surface area contributed by atoms with Crippen molar-refractivity contribution in [2.24, 2.45) is 5.73 Å². The van der Waals surface area contributed by atoms with Gasteiger partial charge in [-0.05, 0) is 91.1 Å². The number of amides is 3. The van der Waals surface area contributed by atoms with E-state index in [0.29, 0.717) is 26.0 Å². The molecule has 3 aromatic carbocycles. The summed E-state index contributed by atoms with van der Waals surface area (Å²) in [4.78, 5) is 49.8. The van der Waals surface area contributed by atoms with E-state index in [2.05, 4.69) is 5.32 Å². The number of alkyl carbamates (subject to hydrolysis) is 1. The van der Waals surface area contributed by atoms with Crippen molar-refractivity contribution in [3.8, 4) is 16.9 Å². The number of aliphatic carboxylic acids is 1. The van der Waals surface area contributed by atoms with Crippen molar-refractivity contribution in [2.75, 3.05) is 18.1 Å². The quantitative estimate of drug-likeness (QED) is 0.232. The Morgan fingerprint density at radius 1 is 1.02 bits per heavy atom. The molecule has 0 saturated carbocycles. The summed E-state index contributed by atoms with van der Waals surface area (Å²) in [5, 5.41) is 11.2. The van der Waals surface area contributed by atoms with Crippen LogP contribution in [0.15, 0.2) is 60.7 Å². The molecule has 10 heteroatoms. The van der Waals surface area contributed by atoms with Gasteiger partial charge in [0.2, 0.25) is 11.8 Å². The fourth-order valence-corrected chi connectivity index (χ4v) is 5.29.